The largest absolute Gasteiger partial charge is 0.481 e. The Labute approximate surface area is 148 Å². The smallest absolute Gasteiger partial charge is 0.416 e. The summed E-state index contributed by atoms with van der Waals surface area (Å²) in [6.07, 6.45) is -2.61. The van der Waals surface area contributed by atoms with Crippen LogP contribution in [0.25, 0.3) is 0 Å². The van der Waals surface area contributed by atoms with Crippen molar-refractivity contribution in [2.75, 3.05) is 6.54 Å². The summed E-state index contributed by atoms with van der Waals surface area (Å²) < 4.78 is 45.7. The van der Waals surface area contributed by atoms with Gasteiger partial charge in [-0.1, -0.05) is 11.6 Å². The van der Waals surface area contributed by atoms with Crippen LogP contribution in [0.3, 0.4) is 0 Å². The second-order valence-corrected chi connectivity index (χ2v) is 5.33. The molecule has 1 unspecified atom stereocenters. The van der Waals surface area contributed by atoms with Crippen molar-refractivity contribution in [3.05, 3.63) is 40.9 Å². The first-order valence-corrected chi connectivity index (χ1v) is 7.28. The molecule has 0 fully saturated rings. The SMILES string of the molecule is Cl.Cn1ncnc1C(CCCN)Oc1cc(C(F)(F)F)ccc1Cl. The Morgan fingerprint density at radius 1 is 1.38 bits per heavy atom. The molecule has 1 aromatic heterocycles. The van der Waals surface area contributed by atoms with E-state index in [4.69, 9.17) is 22.1 Å². The summed E-state index contributed by atoms with van der Waals surface area (Å²) in [6.45, 7) is 0.425. The Morgan fingerprint density at radius 3 is 2.62 bits per heavy atom. The van der Waals surface area contributed by atoms with Crippen LogP contribution in [0, 0.1) is 0 Å². The first-order valence-electron chi connectivity index (χ1n) is 6.90. The number of halogens is 5. The number of alkyl halides is 3. The standard InChI is InChI=1S/C14H16ClF3N4O.ClH/c1-22-13(20-8-21-22)11(3-2-6-19)23-12-7-9(14(16,17)18)4-5-10(12)15;/h4-5,7-8,11H,2-3,6,19H2,1H3;1H. The normalized spacial score (nSPS) is 12.6. The molecule has 0 amide bonds. The van der Waals surface area contributed by atoms with Crippen molar-refractivity contribution in [1.82, 2.24) is 14.8 Å². The lowest BCUT2D eigenvalue weighted by molar-refractivity contribution is -0.137. The van der Waals surface area contributed by atoms with E-state index in [0.29, 0.717) is 25.2 Å². The van der Waals surface area contributed by atoms with Gasteiger partial charge in [-0.3, -0.25) is 0 Å². The molecule has 0 aliphatic carbocycles. The second kappa shape index (κ2) is 8.55. The molecule has 0 aliphatic rings. The van der Waals surface area contributed by atoms with Crippen LogP contribution >= 0.6 is 24.0 Å². The molecule has 2 aromatic rings. The molecule has 5 nitrogen and oxygen atoms in total. The van der Waals surface area contributed by atoms with Gasteiger partial charge in [-0.25, -0.2) is 9.67 Å². The molecule has 0 spiro atoms. The number of nitrogens with zero attached hydrogens (tertiary/aromatic N) is 3. The van der Waals surface area contributed by atoms with E-state index in [1.807, 2.05) is 0 Å². The molecule has 0 saturated carbocycles. The first kappa shape index (κ1) is 20.5. The average Bonchev–Trinajstić information content (AvgIpc) is 2.90. The van der Waals surface area contributed by atoms with E-state index in [0.717, 1.165) is 18.2 Å². The molecule has 0 bridgehead atoms. The maximum absolute atomic E-state index is 12.8. The highest BCUT2D eigenvalue weighted by molar-refractivity contribution is 6.32. The van der Waals surface area contributed by atoms with Crippen LogP contribution in [-0.4, -0.2) is 21.3 Å². The molecule has 1 heterocycles. The molecule has 134 valence electrons. The molecule has 0 radical (unpaired) electrons. The van der Waals surface area contributed by atoms with Crippen LogP contribution < -0.4 is 10.5 Å². The van der Waals surface area contributed by atoms with E-state index < -0.39 is 17.8 Å². The number of benzene rings is 1. The van der Waals surface area contributed by atoms with Gasteiger partial charge in [0.2, 0.25) is 0 Å². The van der Waals surface area contributed by atoms with Crippen molar-refractivity contribution < 1.29 is 17.9 Å². The predicted octanol–water partition coefficient (Wildman–Crippen LogP) is 3.77. The van der Waals surface area contributed by atoms with E-state index in [9.17, 15) is 13.2 Å². The number of rotatable bonds is 6. The van der Waals surface area contributed by atoms with Gasteiger partial charge >= 0.3 is 6.18 Å². The highest BCUT2D eigenvalue weighted by Gasteiger charge is 2.31. The van der Waals surface area contributed by atoms with Gasteiger partial charge in [-0.2, -0.15) is 18.3 Å². The van der Waals surface area contributed by atoms with Crippen LogP contribution in [0.2, 0.25) is 5.02 Å². The lowest BCUT2D eigenvalue weighted by Gasteiger charge is -2.20. The first-order chi connectivity index (χ1) is 10.8. The summed E-state index contributed by atoms with van der Waals surface area (Å²) in [7, 11) is 1.68. The number of hydrogen-bond donors (Lipinski definition) is 1. The molecule has 24 heavy (non-hydrogen) atoms. The van der Waals surface area contributed by atoms with Crippen LogP contribution in [0.4, 0.5) is 13.2 Å². The molecular formula is C14H17Cl2F3N4O. The third-order valence-electron chi connectivity index (χ3n) is 3.23. The molecule has 2 N–H and O–H groups in total. The zero-order valence-corrected chi connectivity index (χ0v) is 14.3. The summed E-state index contributed by atoms with van der Waals surface area (Å²) >= 11 is 5.97. The molecule has 10 heteroatoms. The van der Waals surface area contributed by atoms with Crippen LogP contribution in [0.15, 0.2) is 24.5 Å². The van der Waals surface area contributed by atoms with Gasteiger partial charge in [0, 0.05) is 7.05 Å². The summed E-state index contributed by atoms with van der Waals surface area (Å²) in [4.78, 5) is 4.09. The van der Waals surface area contributed by atoms with E-state index in [2.05, 4.69) is 10.1 Å². The highest BCUT2D eigenvalue weighted by atomic mass is 35.5. The summed E-state index contributed by atoms with van der Waals surface area (Å²) in [5.41, 5.74) is 4.67. The Hall–Kier alpha value is -1.51. The third kappa shape index (κ3) is 4.99. The molecule has 1 aromatic carbocycles. The fourth-order valence-corrected chi connectivity index (χ4v) is 2.23. The Balaban J connectivity index is 0.00000288. The zero-order chi connectivity index (χ0) is 17.0. The van der Waals surface area contributed by atoms with Crippen molar-refractivity contribution in [2.45, 2.75) is 25.1 Å². The average molecular weight is 385 g/mol. The van der Waals surface area contributed by atoms with E-state index in [1.54, 1.807) is 7.05 Å². The van der Waals surface area contributed by atoms with Crippen molar-refractivity contribution in [3.8, 4) is 5.75 Å². The van der Waals surface area contributed by atoms with Gasteiger partial charge in [0.1, 0.15) is 12.1 Å². The number of nitrogens with two attached hydrogens (primary N) is 1. The monoisotopic (exact) mass is 384 g/mol. The molecule has 0 aliphatic heterocycles. The number of aromatic nitrogens is 3. The summed E-state index contributed by atoms with van der Waals surface area (Å²) in [5, 5.41) is 4.04. The van der Waals surface area contributed by atoms with Crippen molar-refractivity contribution >= 4 is 24.0 Å². The van der Waals surface area contributed by atoms with E-state index in [1.165, 1.54) is 11.0 Å². The van der Waals surface area contributed by atoms with Gasteiger partial charge in [-0.15, -0.1) is 12.4 Å². The predicted molar refractivity (Wildman–Crippen MR) is 86.4 cm³/mol. The van der Waals surface area contributed by atoms with Gasteiger partial charge in [0.25, 0.3) is 0 Å². The zero-order valence-electron chi connectivity index (χ0n) is 12.8. The summed E-state index contributed by atoms with van der Waals surface area (Å²) in [6, 6.07) is 2.96. The topological polar surface area (TPSA) is 66.0 Å². The van der Waals surface area contributed by atoms with Gasteiger partial charge in [0.05, 0.1) is 10.6 Å². The maximum Gasteiger partial charge on any atom is 0.416 e. The Bertz CT molecular complexity index is 664. The lowest BCUT2D eigenvalue weighted by atomic mass is 10.1. The van der Waals surface area contributed by atoms with Crippen LogP contribution in [0.5, 0.6) is 5.75 Å². The lowest BCUT2D eigenvalue weighted by Crippen LogP contribution is -2.16. The van der Waals surface area contributed by atoms with Crippen LogP contribution in [-0.2, 0) is 13.2 Å². The maximum atomic E-state index is 12.8. The van der Waals surface area contributed by atoms with E-state index in [-0.39, 0.29) is 23.2 Å². The number of ether oxygens (including phenoxy) is 1. The quantitative estimate of drug-likeness (QED) is 0.822. The molecule has 1 atom stereocenters. The van der Waals surface area contributed by atoms with Crippen molar-refractivity contribution in [3.63, 3.8) is 0 Å². The fourth-order valence-electron chi connectivity index (χ4n) is 2.06. The van der Waals surface area contributed by atoms with Crippen molar-refractivity contribution in [2.24, 2.45) is 12.8 Å². The molecule has 2 rings (SSSR count). The minimum absolute atomic E-state index is 0. The van der Waals surface area contributed by atoms with E-state index >= 15 is 0 Å². The van der Waals surface area contributed by atoms with Crippen molar-refractivity contribution in [1.29, 1.82) is 0 Å². The molecular weight excluding hydrogens is 368 g/mol. The van der Waals surface area contributed by atoms with Gasteiger partial charge in [-0.05, 0) is 37.6 Å². The minimum atomic E-state index is -4.47. The minimum Gasteiger partial charge on any atom is -0.481 e. The van der Waals surface area contributed by atoms with Crippen LogP contribution in [0.1, 0.15) is 30.3 Å². The third-order valence-corrected chi connectivity index (χ3v) is 3.54. The second-order valence-electron chi connectivity index (χ2n) is 4.92. The Morgan fingerprint density at radius 2 is 2.08 bits per heavy atom. The number of aryl methyl sites for hydroxylation is 1. The fraction of sp³-hybridized carbons (Fsp3) is 0.429. The highest BCUT2D eigenvalue weighted by Crippen LogP contribution is 2.37. The number of hydrogen-bond acceptors (Lipinski definition) is 4. The van der Waals surface area contributed by atoms with Gasteiger partial charge < -0.3 is 10.5 Å². The molecule has 0 saturated heterocycles. The summed E-state index contributed by atoms with van der Waals surface area (Å²) in [5.74, 6) is 0.443. The Kier molecular flexibility index (Phi) is 7.31. The van der Waals surface area contributed by atoms with Gasteiger partial charge in [0.15, 0.2) is 11.9 Å².